The molecule has 0 aromatic carbocycles. The van der Waals surface area contributed by atoms with Crippen LogP contribution in [0.15, 0.2) is 5.16 Å². The molecule has 3 atom stereocenters. The van der Waals surface area contributed by atoms with Crippen LogP contribution in [-0.2, 0) is 4.79 Å². The van der Waals surface area contributed by atoms with Crippen LogP contribution in [0.3, 0.4) is 0 Å². The summed E-state index contributed by atoms with van der Waals surface area (Å²) in [4.78, 5) is 12.1. The van der Waals surface area contributed by atoms with Gasteiger partial charge < -0.3 is 16.3 Å². The summed E-state index contributed by atoms with van der Waals surface area (Å²) in [6.45, 7) is 5.97. The van der Waals surface area contributed by atoms with Crippen molar-refractivity contribution in [3.8, 4) is 0 Å². The summed E-state index contributed by atoms with van der Waals surface area (Å²) < 4.78 is 0. The third-order valence-electron chi connectivity index (χ3n) is 3.42. The Morgan fingerprint density at radius 2 is 2.12 bits per heavy atom. The zero-order valence-corrected chi connectivity index (χ0v) is 10.8. The van der Waals surface area contributed by atoms with E-state index >= 15 is 0 Å². The van der Waals surface area contributed by atoms with Crippen LogP contribution in [0.5, 0.6) is 0 Å². The number of carbonyl (C=O) groups is 1. The first-order valence-electron chi connectivity index (χ1n) is 6.23. The van der Waals surface area contributed by atoms with E-state index in [9.17, 15) is 4.79 Å². The number of carbonyl (C=O) groups excluding carboxylic acids is 1. The summed E-state index contributed by atoms with van der Waals surface area (Å²) in [7, 11) is 0. The van der Waals surface area contributed by atoms with E-state index in [1.54, 1.807) is 0 Å². The van der Waals surface area contributed by atoms with Gasteiger partial charge in [0.05, 0.1) is 0 Å². The zero-order chi connectivity index (χ0) is 13.0. The predicted molar refractivity (Wildman–Crippen MR) is 66.7 cm³/mol. The predicted octanol–water partition coefficient (Wildman–Crippen LogP) is 1.31. The molecule has 17 heavy (non-hydrogen) atoms. The van der Waals surface area contributed by atoms with Gasteiger partial charge in [-0.05, 0) is 31.1 Å². The molecule has 3 unspecified atom stereocenters. The van der Waals surface area contributed by atoms with Crippen molar-refractivity contribution in [2.45, 2.75) is 46.1 Å². The lowest BCUT2D eigenvalue weighted by Gasteiger charge is -2.21. The van der Waals surface area contributed by atoms with E-state index < -0.39 is 5.92 Å². The molecule has 5 heteroatoms. The van der Waals surface area contributed by atoms with Gasteiger partial charge in [0, 0.05) is 6.04 Å². The second-order valence-corrected chi connectivity index (χ2v) is 5.37. The number of rotatable bonds is 4. The van der Waals surface area contributed by atoms with E-state index in [1.807, 2.05) is 13.8 Å². The lowest BCUT2D eigenvalue weighted by atomic mass is 9.93. The van der Waals surface area contributed by atoms with E-state index in [-0.39, 0.29) is 23.7 Å². The van der Waals surface area contributed by atoms with Gasteiger partial charge in [-0.15, -0.1) is 0 Å². The highest BCUT2D eigenvalue weighted by atomic mass is 16.4. The van der Waals surface area contributed by atoms with Gasteiger partial charge >= 0.3 is 0 Å². The summed E-state index contributed by atoms with van der Waals surface area (Å²) in [5.74, 6) is 0.000217. The lowest BCUT2D eigenvalue weighted by Crippen LogP contribution is -2.45. The molecule has 1 rings (SSSR count). The van der Waals surface area contributed by atoms with Crippen molar-refractivity contribution in [1.82, 2.24) is 5.32 Å². The van der Waals surface area contributed by atoms with Crippen molar-refractivity contribution < 1.29 is 10.0 Å². The van der Waals surface area contributed by atoms with E-state index in [4.69, 9.17) is 10.9 Å². The number of nitrogens with zero attached hydrogens (tertiary/aromatic N) is 1. The standard InChI is InChI=1S/C12H23N3O2/c1-7(2)10(11(13)15-17)12(16)14-9-5-4-8(3)6-9/h7-10,17H,4-6H2,1-3H3,(H2,13,15)(H,14,16). The summed E-state index contributed by atoms with van der Waals surface area (Å²) >= 11 is 0. The number of nitrogens with two attached hydrogens (primary N) is 1. The molecular weight excluding hydrogens is 218 g/mol. The first kappa shape index (κ1) is 13.8. The third-order valence-corrected chi connectivity index (χ3v) is 3.42. The molecule has 0 saturated heterocycles. The summed E-state index contributed by atoms with van der Waals surface area (Å²) in [6.07, 6.45) is 3.20. The van der Waals surface area contributed by atoms with E-state index in [2.05, 4.69) is 17.4 Å². The van der Waals surface area contributed by atoms with Crippen molar-refractivity contribution in [3.63, 3.8) is 0 Å². The monoisotopic (exact) mass is 241 g/mol. The van der Waals surface area contributed by atoms with Crippen molar-refractivity contribution >= 4 is 11.7 Å². The molecule has 0 spiro atoms. The van der Waals surface area contributed by atoms with E-state index in [1.165, 1.54) is 0 Å². The highest BCUT2D eigenvalue weighted by Gasteiger charge is 2.30. The molecule has 0 aliphatic heterocycles. The smallest absolute Gasteiger partial charge is 0.231 e. The van der Waals surface area contributed by atoms with Gasteiger partial charge in [-0.2, -0.15) is 0 Å². The van der Waals surface area contributed by atoms with Gasteiger partial charge in [-0.1, -0.05) is 25.9 Å². The van der Waals surface area contributed by atoms with Crippen LogP contribution in [0.1, 0.15) is 40.0 Å². The van der Waals surface area contributed by atoms with Crippen molar-refractivity contribution in [1.29, 1.82) is 0 Å². The molecule has 0 bridgehead atoms. The zero-order valence-electron chi connectivity index (χ0n) is 10.8. The second kappa shape index (κ2) is 5.89. The van der Waals surface area contributed by atoms with E-state index in [0.29, 0.717) is 5.92 Å². The van der Waals surface area contributed by atoms with Crippen LogP contribution >= 0.6 is 0 Å². The Labute approximate surface area is 102 Å². The van der Waals surface area contributed by atoms with Crippen LogP contribution in [0.25, 0.3) is 0 Å². The van der Waals surface area contributed by atoms with Gasteiger partial charge in [-0.3, -0.25) is 4.79 Å². The van der Waals surface area contributed by atoms with Gasteiger partial charge in [-0.25, -0.2) is 0 Å². The Balaban J connectivity index is 2.60. The first-order valence-corrected chi connectivity index (χ1v) is 6.23. The fraction of sp³-hybridized carbons (Fsp3) is 0.833. The number of amidine groups is 1. The highest BCUT2D eigenvalue weighted by Crippen LogP contribution is 2.25. The quantitative estimate of drug-likeness (QED) is 0.300. The Hall–Kier alpha value is -1.26. The minimum Gasteiger partial charge on any atom is -0.409 e. The molecule has 1 aliphatic carbocycles. The number of amides is 1. The molecule has 0 radical (unpaired) electrons. The average Bonchev–Trinajstić information content (AvgIpc) is 2.63. The Kier molecular flexibility index (Phi) is 4.78. The summed E-state index contributed by atoms with van der Waals surface area (Å²) in [6, 6.07) is 0.241. The maximum Gasteiger partial charge on any atom is 0.231 e. The minimum absolute atomic E-state index is 0.0106. The maximum atomic E-state index is 12.1. The molecule has 4 N–H and O–H groups in total. The third kappa shape index (κ3) is 3.61. The van der Waals surface area contributed by atoms with Crippen LogP contribution in [-0.4, -0.2) is 23.0 Å². The van der Waals surface area contributed by atoms with Crippen LogP contribution in [0, 0.1) is 17.8 Å². The molecular formula is C12H23N3O2. The number of hydrogen-bond acceptors (Lipinski definition) is 3. The number of oxime groups is 1. The molecule has 0 aromatic rings. The molecule has 1 fully saturated rings. The average molecular weight is 241 g/mol. The summed E-state index contributed by atoms with van der Waals surface area (Å²) in [5, 5.41) is 14.6. The molecule has 1 amide bonds. The number of nitrogens with one attached hydrogen (secondary N) is 1. The fourth-order valence-electron chi connectivity index (χ4n) is 2.47. The molecule has 5 nitrogen and oxygen atoms in total. The van der Waals surface area contributed by atoms with Gasteiger partial charge in [0.1, 0.15) is 5.92 Å². The van der Waals surface area contributed by atoms with Gasteiger partial charge in [0.25, 0.3) is 0 Å². The molecule has 98 valence electrons. The highest BCUT2D eigenvalue weighted by molar-refractivity contribution is 6.02. The van der Waals surface area contributed by atoms with Gasteiger partial charge in [0.2, 0.25) is 5.91 Å². The Bertz CT molecular complexity index is 302. The van der Waals surface area contributed by atoms with Crippen molar-refractivity contribution in [2.75, 3.05) is 0 Å². The Morgan fingerprint density at radius 3 is 2.53 bits per heavy atom. The second-order valence-electron chi connectivity index (χ2n) is 5.37. The molecule has 0 aromatic heterocycles. The maximum absolute atomic E-state index is 12.1. The molecule has 1 saturated carbocycles. The topological polar surface area (TPSA) is 87.7 Å². The van der Waals surface area contributed by atoms with Crippen molar-refractivity contribution in [3.05, 3.63) is 0 Å². The molecule has 0 heterocycles. The normalized spacial score (nSPS) is 27.2. The lowest BCUT2D eigenvalue weighted by molar-refractivity contribution is -0.124. The van der Waals surface area contributed by atoms with E-state index in [0.717, 1.165) is 19.3 Å². The van der Waals surface area contributed by atoms with Crippen molar-refractivity contribution in [2.24, 2.45) is 28.6 Å². The number of hydrogen-bond donors (Lipinski definition) is 3. The first-order chi connectivity index (χ1) is 7.95. The van der Waals surface area contributed by atoms with Crippen LogP contribution in [0.2, 0.25) is 0 Å². The SMILES string of the molecule is CC1CCC(NC(=O)C(C(N)=NO)C(C)C)C1. The Morgan fingerprint density at radius 1 is 1.47 bits per heavy atom. The summed E-state index contributed by atoms with van der Waals surface area (Å²) in [5.41, 5.74) is 5.56. The largest absolute Gasteiger partial charge is 0.409 e. The molecule has 1 aliphatic rings. The minimum atomic E-state index is -0.545. The van der Waals surface area contributed by atoms with Crippen LogP contribution in [0.4, 0.5) is 0 Å². The fourth-order valence-corrected chi connectivity index (χ4v) is 2.47. The van der Waals surface area contributed by atoms with Gasteiger partial charge in [0.15, 0.2) is 5.84 Å². The van der Waals surface area contributed by atoms with Crippen LogP contribution < -0.4 is 11.1 Å².